The number of rotatable bonds is 3. The monoisotopic (exact) mass is 246 g/mol. The molecule has 1 fully saturated rings. The van der Waals surface area contributed by atoms with E-state index in [1.54, 1.807) is 0 Å². The SMILES string of the molecule is Cc1ccc(CNC(=O)C2CCCN2)c(C)c1C. The maximum absolute atomic E-state index is 11.9. The lowest BCUT2D eigenvalue weighted by molar-refractivity contribution is -0.122. The number of aryl methyl sites for hydroxylation is 1. The predicted molar refractivity (Wildman–Crippen MR) is 73.5 cm³/mol. The molecular weight excluding hydrogens is 224 g/mol. The first-order valence-electron chi connectivity index (χ1n) is 6.66. The van der Waals surface area contributed by atoms with Crippen LogP contribution in [0.3, 0.4) is 0 Å². The summed E-state index contributed by atoms with van der Waals surface area (Å²) in [6.45, 7) is 7.96. The van der Waals surface area contributed by atoms with E-state index in [0.717, 1.165) is 19.4 Å². The molecule has 3 nitrogen and oxygen atoms in total. The van der Waals surface area contributed by atoms with Gasteiger partial charge in [0.05, 0.1) is 6.04 Å². The van der Waals surface area contributed by atoms with Crippen LogP contribution >= 0.6 is 0 Å². The fourth-order valence-electron chi connectivity index (χ4n) is 2.42. The highest BCUT2D eigenvalue weighted by molar-refractivity contribution is 5.82. The van der Waals surface area contributed by atoms with Gasteiger partial charge in [-0.3, -0.25) is 4.79 Å². The molecule has 0 aromatic heterocycles. The number of hydrogen-bond donors (Lipinski definition) is 2. The van der Waals surface area contributed by atoms with Crippen LogP contribution in [0.5, 0.6) is 0 Å². The highest BCUT2D eigenvalue weighted by Gasteiger charge is 2.21. The molecule has 1 aromatic carbocycles. The third-order valence-corrected chi connectivity index (χ3v) is 4.00. The van der Waals surface area contributed by atoms with Crippen LogP contribution in [-0.4, -0.2) is 18.5 Å². The minimum atomic E-state index is 0.0110. The van der Waals surface area contributed by atoms with Crippen LogP contribution in [0.1, 0.15) is 35.1 Å². The number of carbonyl (C=O) groups excluding carboxylic acids is 1. The lowest BCUT2D eigenvalue weighted by Crippen LogP contribution is -2.40. The topological polar surface area (TPSA) is 41.1 Å². The van der Waals surface area contributed by atoms with Crippen molar-refractivity contribution in [3.63, 3.8) is 0 Å². The molecule has 18 heavy (non-hydrogen) atoms. The number of amides is 1. The first-order valence-corrected chi connectivity index (χ1v) is 6.66. The minimum Gasteiger partial charge on any atom is -0.351 e. The van der Waals surface area contributed by atoms with Crippen LogP contribution in [0.15, 0.2) is 12.1 Å². The number of hydrogen-bond acceptors (Lipinski definition) is 2. The average molecular weight is 246 g/mol. The van der Waals surface area contributed by atoms with Gasteiger partial charge in [-0.05, 0) is 62.4 Å². The lowest BCUT2D eigenvalue weighted by Gasteiger charge is -2.14. The van der Waals surface area contributed by atoms with Crippen molar-refractivity contribution in [1.29, 1.82) is 0 Å². The Kier molecular flexibility index (Phi) is 4.02. The van der Waals surface area contributed by atoms with Gasteiger partial charge in [-0.1, -0.05) is 12.1 Å². The van der Waals surface area contributed by atoms with Gasteiger partial charge in [0.2, 0.25) is 5.91 Å². The van der Waals surface area contributed by atoms with Crippen LogP contribution in [0, 0.1) is 20.8 Å². The highest BCUT2D eigenvalue weighted by Crippen LogP contribution is 2.17. The van der Waals surface area contributed by atoms with E-state index in [-0.39, 0.29) is 11.9 Å². The summed E-state index contributed by atoms with van der Waals surface area (Å²) in [7, 11) is 0. The van der Waals surface area contributed by atoms with Crippen molar-refractivity contribution in [2.75, 3.05) is 6.54 Å². The maximum Gasteiger partial charge on any atom is 0.237 e. The van der Waals surface area contributed by atoms with Crippen LogP contribution in [0.4, 0.5) is 0 Å². The average Bonchev–Trinajstić information content (AvgIpc) is 2.89. The van der Waals surface area contributed by atoms with Crippen LogP contribution in [0.2, 0.25) is 0 Å². The summed E-state index contributed by atoms with van der Waals surface area (Å²) >= 11 is 0. The van der Waals surface area contributed by atoms with Gasteiger partial charge in [0.15, 0.2) is 0 Å². The van der Waals surface area contributed by atoms with E-state index in [9.17, 15) is 4.79 Å². The van der Waals surface area contributed by atoms with E-state index in [1.807, 2.05) is 0 Å². The molecule has 1 unspecified atom stereocenters. The Labute approximate surface area is 109 Å². The molecule has 1 aliphatic heterocycles. The second-order valence-electron chi connectivity index (χ2n) is 5.16. The zero-order valence-electron chi connectivity index (χ0n) is 11.5. The summed E-state index contributed by atoms with van der Waals surface area (Å²) in [5, 5.41) is 6.24. The molecule has 0 aliphatic carbocycles. The summed E-state index contributed by atoms with van der Waals surface area (Å²) in [4.78, 5) is 11.9. The quantitative estimate of drug-likeness (QED) is 0.856. The molecule has 0 radical (unpaired) electrons. The van der Waals surface area contributed by atoms with E-state index >= 15 is 0 Å². The molecule has 98 valence electrons. The Morgan fingerprint density at radius 1 is 1.33 bits per heavy atom. The molecule has 1 atom stereocenters. The third kappa shape index (κ3) is 2.72. The predicted octanol–water partition coefficient (Wildman–Crippen LogP) is 1.98. The zero-order chi connectivity index (χ0) is 13.1. The van der Waals surface area contributed by atoms with Crippen molar-refractivity contribution in [2.24, 2.45) is 0 Å². The van der Waals surface area contributed by atoms with Crippen molar-refractivity contribution in [3.05, 3.63) is 34.4 Å². The Bertz CT molecular complexity index is 448. The summed E-state index contributed by atoms with van der Waals surface area (Å²) in [5.74, 6) is 0.130. The van der Waals surface area contributed by atoms with Crippen molar-refractivity contribution in [1.82, 2.24) is 10.6 Å². The smallest absolute Gasteiger partial charge is 0.237 e. The standard InChI is InChI=1S/C15H22N2O/c1-10-6-7-13(12(3)11(10)2)9-17-15(18)14-5-4-8-16-14/h6-7,14,16H,4-5,8-9H2,1-3H3,(H,17,18). The Hall–Kier alpha value is -1.35. The van der Waals surface area contributed by atoms with Crippen LogP contribution < -0.4 is 10.6 Å². The Balaban J connectivity index is 1.98. The third-order valence-electron chi connectivity index (χ3n) is 4.00. The molecule has 2 rings (SSSR count). The molecule has 1 amide bonds. The largest absolute Gasteiger partial charge is 0.351 e. The second kappa shape index (κ2) is 5.53. The molecule has 2 N–H and O–H groups in total. The van der Waals surface area contributed by atoms with Gasteiger partial charge in [0, 0.05) is 6.54 Å². The minimum absolute atomic E-state index is 0.0110. The molecule has 0 bridgehead atoms. The fourth-order valence-corrected chi connectivity index (χ4v) is 2.42. The van der Waals surface area contributed by atoms with E-state index in [0.29, 0.717) is 6.54 Å². The summed E-state index contributed by atoms with van der Waals surface area (Å²) in [6.07, 6.45) is 2.05. The van der Waals surface area contributed by atoms with Crippen LogP contribution in [-0.2, 0) is 11.3 Å². The molecule has 1 aromatic rings. The van der Waals surface area contributed by atoms with Crippen molar-refractivity contribution >= 4 is 5.91 Å². The molecule has 1 saturated heterocycles. The van der Waals surface area contributed by atoms with E-state index in [2.05, 4.69) is 43.5 Å². The highest BCUT2D eigenvalue weighted by atomic mass is 16.2. The van der Waals surface area contributed by atoms with Crippen molar-refractivity contribution < 1.29 is 4.79 Å². The Morgan fingerprint density at radius 2 is 2.11 bits per heavy atom. The first kappa shape index (κ1) is 13.1. The molecule has 0 spiro atoms. The maximum atomic E-state index is 11.9. The summed E-state index contributed by atoms with van der Waals surface area (Å²) < 4.78 is 0. The second-order valence-corrected chi connectivity index (χ2v) is 5.16. The van der Waals surface area contributed by atoms with Gasteiger partial charge in [0.25, 0.3) is 0 Å². The molecule has 0 saturated carbocycles. The molecular formula is C15H22N2O. The van der Waals surface area contributed by atoms with Gasteiger partial charge in [-0.25, -0.2) is 0 Å². The van der Waals surface area contributed by atoms with Gasteiger partial charge < -0.3 is 10.6 Å². The molecule has 3 heteroatoms. The first-order chi connectivity index (χ1) is 8.59. The molecule has 1 heterocycles. The van der Waals surface area contributed by atoms with E-state index < -0.39 is 0 Å². The van der Waals surface area contributed by atoms with Gasteiger partial charge in [0.1, 0.15) is 0 Å². The number of carbonyl (C=O) groups is 1. The Morgan fingerprint density at radius 3 is 2.78 bits per heavy atom. The molecule has 1 aliphatic rings. The van der Waals surface area contributed by atoms with Crippen LogP contribution in [0.25, 0.3) is 0 Å². The van der Waals surface area contributed by atoms with Crippen molar-refractivity contribution in [3.8, 4) is 0 Å². The van der Waals surface area contributed by atoms with E-state index in [1.165, 1.54) is 22.3 Å². The van der Waals surface area contributed by atoms with Crippen molar-refractivity contribution in [2.45, 2.75) is 46.2 Å². The van der Waals surface area contributed by atoms with Gasteiger partial charge in [-0.2, -0.15) is 0 Å². The van der Waals surface area contributed by atoms with Gasteiger partial charge in [-0.15, -0.1) is 0 Å². The number of benzene rings is 1. The summed E-state index contributed by atoms with van der Waals surface area (Å²) in [6, 6.07) is 4.24. The van der Waals surface area contributed by atoms with E-state index in [4.69, 9.17) is 0 Å². The number of nitrogens with one attached hydrogen (secondary N) is 2. The summed E-state index contributed by atoms with van der Waals surface area (Å²) in [5.41, 5.74) is 5.12. The fraction of sp³-hybridized carbons (Fsp3) is 0.533. The lowest BCUT2D eigenvalue weighted by atomic mass is 9.99. The van der Waals surface area contributed by atoms with Gasteiger partial charge >= 0.3 is 0 Å². The normalized spacial score (nSPS) is 18.9. The zero-order valence-corrected chi connectivity index (χ0v) is 11.5.